The van der Waals surface area contributed by atoms with Crippen molar-refractivity contribution >= 4 is 5.91 Å². The molecule has 3 heteroatoms. The molecule has 1 amide bonds. The normalized spacial score (nSPS) is 23.2. The molecule has 1 aliphatic heterocycles. The molecule has 1 aromatic rings. The Hall–Kier alpha value is -1.51. The SMILES string of the molecule is O=C(NC1CCCC1)C1Cc2ccccc2O1. The highest BCUT2D eigenvalue weighted by Crippen LogP contribution is 2.28. The number of nitrogens with one attached hydrogen (secondary N) is 1. The van der Waals surface area contributed by atoms with Crippen LogP contribution in [0, 0.1) is 0 Å². The smallest absolute Gasteiger partial charge is 0.261 e. The molecule has 90 valence electrons. The van der Waals surface area contributed by atoms with Gasteiger partial charge in [-0.2, -0.15) is 0 Å². The summed E-state index contributed by atoms with van der Waals surface area (Å²) in [6, 6.07) is 8.25. The highest BCUT2D eigenvalue weighted by Gasteiger charge is 2.30. The summed E-state index contributed by atoms with van der Waals surface area (Å²) in [5.74, 6) is 0.909. The fourth-order valence-corrected chi connectivity index (χ4v) is 2.69. The fourth-order valence-electron chi connectivity index (χ4n) is 2.69. The number of hydrogen-bond donors (Lipinski definition) is 1. The van der Waals surface area contributed by atoms with Crippen LogP contribution in [0.25, 0.3) is 0 Å². The molecule has 1 aliphatic carbocycles. The number of fused-ring (bicyclic) bond motifs is 1. The molecule has 1 unspecified atom stereocenters. The molecule has 3 nitrogen and oxygen atoms in total. The van der Waals surface area contributed by atoms with E-state index in [-0.39, 0.29) is 12.0 Å². The van der Waals surface area contributed by atoms with Gasteiger partial charge in [0.15, 0.2) is 6.10 Å². The molecule has 1 saturated carbocycles. The number of amides is 1. The molecular weight excluding hydrogens is 214 g/mol. The van der Waals surface area contributed by atoms with Crippen LogP contribution in [0.4, 0.5) is 0 Å². The maximum atomic E-state index is 12.0. The number of carbonyl (C=O) groups is 1. The Bertz CT molecular complexity index is 399. The van der Waals surface area contributed by atoms with Crippen LogP contribution in [0.1, 0.15) is 31.2 Å². The van der Waals surface area contributed by atoms with Crippen molar-refractivity contribution in [1.29, 1.82) is 0 Å². The lowest BCUT2D eigenvalue weighted by Gasteiger charge is -2.15. The number of hydrogen-bond acceptors (Lipinski definition) is 2. The zero-order valence-electron chi connectivity index (χ0n) is 9.82. The van der Waals surface area contributed by atoms with E-state index in [1.165, 1.54) is 12.8 Å². The van der Waals surface area contributed by atoms with Crippen LogP contribution < -0.4 is 10.1 Å². The van der Waals surface area contributed by atoms with Crippen molar-refractivity contribution in [2.24, 2.45) is 0 Å². The minimum Gasteiger partial charge on any atom is -0.480 e. The van der Waals surface area contributed by atoms with Gasteiger partial charge in [0.05, 0.1) is 0 Å². The van der Waals surface area contributed by atoms with E-state index in [4.69, 9.17) is 4.74 Å². The van der Waals surface area contributed by atoms with Crippen molar-refractivity contribution in [3.63, 3.8) is 0 Å². The summed E-state index contributed by atoms with van der Waals surface area (Å²) < 4.78 is 5.67. The molecule has 1 heterocycles. The third-order valence-corrected chi connectivity index (χ3v) is 3.64. The second-order valence-electron chi connectivity index (χ2n) is 4.91. The van der Waals surface area contributed by atoms with Gasteiger partial charge in [-0.1, -0.05) is 31.0 Å². The summed E-state index contributed by atoms with van der Waals surface area (Å²) in [6.45, 7) is 0. The Morgan fingerprint density at radius 3 is 2.76 bits per heavy atom. The first-order valence-corrected chi connectivity index (χ1v) is 6.38. The van der Waals surface area contributed by atoms with Gasteiger partial charge in [-0.15, -0.1) is 0 Å². The second kappa shape index (κ2) is 4.40. The molecule has 3 rings (SSSR count). The standard InChI is InChI=1S/C14H17NO2/c16-14(15-11-6-2-3-7-11)13-9-10-5-1-4-8-12(10)17-13/h1,4-5,8,11,13H,2-3,6-7,9H2,(H,15,16). The van der Waals surface area contributed by atoms with E-state index in [1.54, 1.807) is 0 Å². The lowest BCUT2D eigenvalue weighted by atomic mass is 10.1. The van der Waals surface area contributed by atoms with Gasteiger partial charge in [0, 0.05) is 12.5 Å². The average Bonchev–Trinajstić information content (AvgIpc) is 2.96. The lowest BCUT2D eigenvalue weighted by molar-refractivity contribution is -0.127. The van der Waals surface area contributed by atoms with Crippen LogP contribution in [-0.2, 0) is 11.2 Å². The average molecular weight is 231 g/mol. The first-order chi connectivity index (χ1) is 8.33. The van der Waals surface area contributed by atoms with Crippen LogP contribution in [0.2, 0.25) is 0 Å². The van der Waals surface area contributed by atoms with Crippen LogP contribution in [0.5, 0.6) is 5.75 Å². The van der Waals surface area contributed by atoms with Crippen molar-refractivity contribution in [2.75, 3.05) is 0 Å². The van der Waals surface area contributed by atoms with Crippen molar-refractivity contribution in [2.45, 2.75) is 44.2 Å². The van der Waals surface area contributed by atoms with E-state index in [2.05, 4.69) is 5.32 Å². The Balaban J connectivity index is 1.62. The van der Waals surface area contributed by atoms with Gasteiger partial charge in [-0.25, -0.2) is 0 Å². The van der Waals surface area contributed by atoms with Gasteiger partial charge in [0.1, 0.15) is 5.75 Å². The number of ether oxygens (including phenoxy) is 1. The summed E-state index contributed by atoms with van der Waals surface area (Å²) in [6.07, 6.45) is 5.08. The molecule has 1 N–H and O–H groups in total. The monoisotopic (exact) mass is 231 g/mol. The minimum atomic E-state index is -0.326. The Morgan fingerprint density at radius 1 is 1.24 bits per heavy atom. The van der Waals surface area contributed by atoms with Crippen LogP contribution in [0.3, 0.4) is 0 Å². The Labute approximate surface area is 101 Å². The summed E-state index contributed by atoms with van der Waals surface area (Å²) in [5.41, 5.74) is 1.14. The summed E-state index contributed by atoms with van der Waals surface area (Å²) in [7, 11) is 0. The fraction of sp³-hybridized carbons (Fsp3) is 0.500. The zero-order valence-corrected chi connectivity index (χ0v) is 9.82. The molecular formula is C14H17NO2. The van der Waals surface area contributed by atoms with Crippen molar-refractivity contribution in [1.82, 2.24) is 5.32 Å². The zero-order chi connectivity index (χ0) is 11.7. The highest BCUT2D eigenvalue weighted by molar-refractivity contribution is 5.82. The maximum absolute atomic E-state index is 12.0. The van der Waals surface area contributed by atoms with E-state index in [0.717, 1.165) is 24.2 Å². The number of benzene rings is 1. The molecule has 17 heavy (non-hydrogen) atoms. The number of rotatable bonds is 2. The van der Waals surface area contributed by atoms with Crippen LogP contribution >= 0.6 is 0 Å². The number of para-hydroxylation sites is 1. The maximum Gasteiger partial charge on any atom is 0.261 e. The topological polar surface area (TPSA) is 38.3 Å². The first kappa shape index (κ1) is 10.6. The van der Waals surface area contributed by atoms with Crippen LogP contribution in [-0.4, -0.2) is 18.1 Å². The third kappa shape index (κ3) is 2.14. The van der Waals surface area contributed by atoms with E-state index < -0.39 is 0 Å². The molecule has 0 bridgehead atoms. The lowest BCUT2D eigenvalue weighted by Crippen LogP contribution is -2.42. The molecule has 0 aromatic heterocycles. The predicted molar refractivity (Wildman–Crippen MR) is 65.0 cm³/mol. The quantitative estimate of drug-likeness (QED) is 0.846. The largest absolute Gasteiger partial charge is 0.480 e. The summed E-state index contributed by atoms with van der Waals surface area (Å²) >= 11 is 0. The van der Waals surface area contributed by atoms with E-state index in [1.807, 2.05) is 24.3 Å². The summed E-state index contributed by atoms with van der Waals surface area (Å²) in [5, 5.41) is 3.09. The highest BCUT2D eigenvalue weighted by atomic mass is 16.5. The second-order valence-corrected chi connectivity index (χ2v) is 4.91. The van der Waals surface area contributed by atoms with Gasteiger partial charge in [0.25, 0.3) is 5.91 Å². The van der Waals surface area contributed by atoms with Gasteiger partial charge in [-0.3, -0.25) is 4.79 Å². The van der Waals surface area contributed by atoms with Crippen molar-refractivity contribution in [3.8, 4) is 5.75 Å². The Morgan fingerprint density at radius 2 is 2.00 bits per heavy atom. The molecule has 1 fully saturated rings. The summed E-state index contributed by atoms with van der Waals surface area (Å²) in [4.78, 5) is 12.0. The molecule has 0 saturated heterocycles. The van der Waals surface area contributed by atoms with E-state index >= 15 is 0 Å². The van der Waals surface area contributed by atoms with Crippen molar-refractivity contribution in [3.05, 3.63) is 29.8 Å². The Kier molecular flexibility index (Phi) is 2.75. The van der Waals surface area contributed by atoms with Crippen LogP contribution in [0.15, 0.2) is 24.3 Å². The van der Waals surface area contributed by atoms with Gasteiger partial charge in [0.2, 0.25) is 0 Å². The molecule has 0 radical (unpaired) electrons. The molecule has 2 aliphatic rings. The predicted octanol–water partition coefficient (Wildman–Crippen LogP) is 2.05. The third-order valence-electron chi connectivity index (χ3n) is 3.64. The van der Waals surface area contributed by atoms with Gasteiger partial charge < -0.3 is 10.1 Å². The minimum absolute atomic E-state index is 0.0492. The van der Waals surface area contributed by atoms with Gasteiger partial charge >= 0.3 is 0 Å². The van der Waals surface area contributed by atoms with E-state index in [9.17, 15) is 4.79 Å². The first-order valence-electron chi connectivity index (χ1n) is 6.38. The van der Waals surface area contributed by atoms with Gasteiger partial charge in [-0.05, 0) is 24.5 Å². The van der Waals surface area contributed by atoms with E-state index in [0.29, 0.717) is 12.5 Å². The number of carbonyl (C=O) groups excluding carboxylic acids is 1. The molecule has 1 aromatic carbocycles. The molecule has 1 atom stereocenters. The van der Waals surface area contributed by atoms with Crippen molar-refractivity contribution < 1.29 is 9.53 Å². The molecule has 0 spiro atoms.